The Bertz CT molecular complexity index is 663. The molecule has 0 bridgehead atoms. The van der Waals surface area contributed by atoms with Crippen molar-refractivity contribution in [3.05, 3.63) is 29.6 Å². The summed E-state index contributed by atoms with van der Waals surface area (Å²) in [5.41, 5.74) is 1.83. The molecular weight excluding hydrogens is 324 g/mol. The molecule has 0 spiro atoms. The molecule has 0 unspecified atom stereocenters. The lowest BCUT2D eigenvalue weighted by molar-refractivity contribution is -0.123. The second kappa shape index (κ2) is 8.26. The molecule has 1 amide bonds. The van der Waals surface area contributed by atoms with E-state index in [9.17, 15) is 4.79 Å². The maximum atomic E-state index is 12.0. The molecule has 0 saturated heterocycles. The number of benzene rings is 1. The first-order valence-electron chi connectivity index (χ1n) is 8.26. The quantitative estimate of drug-likeness (QED) is 0.855. The van der Waals surface area contributed by atoms with Crippen molar-refractivity contribution in [2.24, 2.45) is 0 Å². The van der Waals surface area contributed by atoms with Crippen LogP contribution in [0.3, 0.4) is 0 Å². The number of aromatic nitrogens is 1. The second-order valence-electron chi connectivity index (χ2n) is 5.89. The highest BCUT2D eigenvalue weighted by Gasteiger charge is 2.16. The molecule has 1 heterocycles. The molecule has 5 nitrogen and oxygen atoms in total. The monoisotopic (exact) mass is 346 g/mol. The third-order valence-corrected chi connectivity index (χ3v) is 4.90. The number of hydrogen-bond acceptors (Lipinski definition) is 5. The zero-order chi connectivity index (χ0) is 16.8. The van der Waals surface area contributed by atoms with Crippen molar-refractivity contribution >= 4 is 22.4 Å². The van der Waals surface area contributed by atoms with Gasteiger partial charge in [-0.2, -0.15) is 0 Å². The van der Waals surface area contributed by atoms with E-state index in [1.807, 2.05) is 29.6 Å². The highest BCUT2D eigenvalue weighted by molar-refractivity contribution is 7.14. The number of thiazole rings is 1. The summed E-state index contributed by atoms with van der Waals surface area (Å²) in [7, 11) is 1.64. The van der Waals surface area contributed by atoms with E-state index in [1.165, 1.54) is 30.6 Å². The van der Waals surface area contributed by atoms with E-state index in [0.29, 0.717) is 5.13 Å². The van der Waals surface area contributed by atoms with Crippen LogP contribution in [0.5, 0.6) is 5.75 Å². The third kappa shape index (κ3) is 4.55. The molecule has 1 N–H and O–H groups in total. The van der Waals surface area contributed by atoms with E-state index in [1.54, 1.807) is 7.11 Å². The van der Waals surface area contributed by atoms with Crippen LogP contribution in [0.15, 0.2) is 29.6 Å². The van der Waals surface area contributed by atoms with Crippen LogP contribution in [0, 0.1) is 0 Å². The van der Waals surface area contributed by atoms with Crippen molar-refractivity contribution in [2.75, 3.05) is 19.0 Å². The highest BCUT2D eigenvalue weighted by atomic mass is 32.1. The van der Waals surface area contributed by atoms with Gasteiger partial charge in [-0.25, -0.2) is 4.98 Å². The molecule has 0 aliphatic heterocycles. The molecular formula is C18H22N2O3S. The maximum Gasteiger partial charge on any atom is 0.252 e. The van der Waals surface area contributed by atoms with Crippen LogP contribution in [0.2, 0.25) is 0 Å². The fraction of sp³-hybridized carbons (Fsp3) is 0.444. The van der Waals surface area contributed by atoms with Gasteiger partial charge in [0.05, 0.1) is 18.9 Å². The number of anilines is 1. The smallest absolute Gasteiger partial charge is 0.252 e. The molecule has 2 aromatic rings. The fourth-order valence-electron chi connectivity index (χ4n) is 2.81. The highest BCUT2D eigenvalue weighted by Crippen LogP contribution is 2.26. The zero-order valence-corrected chi connectivity index (χ0v) is 14.6. The lowest BCUT2D eigenvalue weighted by Crippen LogP contribution is -2.24. The number of rotatable bonds is 6. The average molecular weight is 346 g/mol. The number of amides is 1. The Balaban J connectivity index is 1.52. The lowest BCUT2D eigenvalue weighted by Gasteiger charge is -2.21. The molecule has 0 atom stereocenters. The summed E-state index contributed by atoms with van der Waals surface area (Å²) in [6, 6.07) is 7.69. The fourth-order valence-corrected chi connectivity index (χ4v) is 3.54. The Labute approximate surface area is 146 Å². The van der Waals surface area contributed by atoms with Gasteiger partial charge in [0.15, 0.2) is 5.13 Å². The van der Waals surface area contributed by atoms with Gasteiger partial charge in [0, 0.05) is 10.9 Å². The number of nitrogens with zero attached hydrogens (tertiary/aromatic N) is 1. The van der Waals surface area contributed by atoms with Crippen molar-refractivity contribution in [3.63, 3.8) is 0 Å². The van der Waals surface area contributed by atoms with Crippen molar-refractivity contribution < 1.29 is 14.3 Å². The number of methoxy groups -OCH3 is 1. The van der Waals surface area contributed by atoms with Gasteiger partial charge in [0.2, 0.25) is 0 Å². The molecule has 6 heteroatoms. The Morgan fingerprint density at radius 3 is 2.71 bits per heavy atom. The van der Waals surface area contributed by atoms with E-state index in [0.717, 1.165) is 29.8 Å². The van der Waals surface area contributed by atoms with Gasteiger partial charge < -0.3 is 9.47 Å². The predicted octanol–water partition coefficient (Wildman–Crippen LogP) is 4.11. The zero-order valence-electron chi connectivity index (χ0n) is 13.8. The molecule has 0 radical (unpaired) electrons. The largest absolute Gasteiger partial charge is 0.497 e. The SMILES string of the molecule is COc1ccc(-c2csc(NC(=O)COC3CCCCC3)n2)cc1. The van der Waals surface area contributed by atoms with Crippen molar-refractivity contribution in [1.29, 1.82) is 0 Å². The summed E-state index contributed by atoms with van der Waals surface area (Å²) in [6.45, 7) is 0.0993. The van der Waals surface area contributed by atoms with E-state index >= 15 is 0 Å². The number of carbonyl (C=O) groups is 1. The third-order valence-electron chi connectivity index (χ3n) is 4.14. The van der Waals surface area contributed by atoms with Crippen LogP contribution in [-0.2, 0) is 9.53 Å². The standard InChI is InChI=1S/C18H22N2O3S/c1-22-14-9-7-13(8-10-14)16-12-24-18(19-16)20-17(21)11-23-15-5-3-2-4-6-15/h7-10,12,15H,2-6,11H2,1H3,(H,19,20,21). The van der Waals surface area contributed by atoms with Gasteiger partial charge in [-0.3, -0.25) is 10.1 Å². The van der Waals surface area contributed by atoms with Gasteiger partial charge in [0.1, 0.15) is 12.4 Å². The minimum absolute atomic E-state index is 0.0993. The van der Waals surface area contributed by atoms with E-state index in [4.69, 9.17) is 9.47 Å². The number of carbonyl (C=O) groups excluding carboxylic acids is 1. The Morgan fingerprint density at radius 1 is 1.25 bits per heavy atom. The molecule has 3 rings (SSSR count). The van der Waals surface area contributed by atoms with E-state index in [-0.39, 0.29) is 18.6 Å². The lowest BCUT2D eigenvalue weighted by atomic mass is 9.98. The molecule has 1 aromatic carbocycles. The first-order valence-corrected chi connectivity index (χ1v) is 9.14. The van der Waals surface area contributed by atoms with Gasteiger partial charge in [-0.05, 0) is 37.1 Å². The van der Waals surface area contributed by atoms with Gasteiger partial charge in [-0.1, -0.05) is 19.3 Å². The molecule has 24 heavy (non-hydrogen) atoms. The average Bonchev–Trinajstić information content (AvgIpc) is 3.09. The van der Waals surface area contributed by atoms with Crippen molar-refractivity contribution in [2.45, 2.75) is 38.2 Å². The van der Waals surface area contributed by atoms with Crippen LogP contribution >= 0.6 is 11.3 Å². The molecule has 1 fully saturated rings. The number of nitrogens with one attached hydrogen (secondary N) is 1. The summed E-state index contributed by atoms with van der Waals surface area (Å²) in [6.07, 6.45) is 6.03. The second-order valence-corrected chi connectivity index (χ2v) is 6.74. The van der Waals surface area contributed by atoms with Crippen LogP contribution in [0.4, 0.5) is 5.13 Å². The number of hydrogen-bond donors (Lipinski definition) is 1. The molecule has 1 saturated carbocycles. The Morgan fingerprint density at radius 2 is 2.00 bits per heavy atom. The van der Waals surface area contributed by atoms with E-state index < -0.39 is 0 Å². The van der Waals surface area contributed by atoms with Gasteiger partial charge in [-0.15, -0.1) is 11.3 Å². The number of ether oxygens (including phenoxy) is 2. The van der Waals surface area contributed by atoms with Crippen molar-refractivity contribution in [1.82, 2.24) is 4.98 Å². The van der Waals surface area contributed by atoms with Gasteiger partial charge in [0.25, 0.3) is 5.91 Å². The summed E-state index contributed by atoms with van der Waals surface area (Å²) < 4.78 is 10.8. The van der Waals surface area contributed by atoms with Crippen LogP contribution < -0.4 is 10.1 Å². The summed E-state index contributed by atoms with van der Waals surface area (Å²) >= 11 is 1.41. The predicted molar refractivity (Wildman–Crippen MR) is 95.6 cm³/mol. The maximum absolute atomic E-state index is 12.0. The summed E-state index contributed by atoms with van der Waals surface area (Å²) in [4.78, 5) is 16.5. The minimum Gasteiger partial charge on any atom is -0.497 e. The van der Waals surface area contributed by atoms with Crippen LogP contribution in [-0.4, -0.2) is 30.7 Å². The van der Waals surface area contributed by atoms with Crippen LogP contribution in [0.1, 0.15) is 32.1 Å². The Kier molecular flexibility index (Phi) is 5.82. The summed E-state index contributed by atoms with van der Waals surface area (Å²) in [5, 5.41) is 5.34. The first kappa shape index (κ1) is 16.9. The molecule has 1 aliphatic rings. The molecule has 128 valence electrons. The minimum atomic E-state index is -0.142. The molecule has 1 aromatic heterocycles. The van der Waals surface area contributed by atoms with Gasteiger partial charge >= 0.3 is 0 Å². The summed E-state index contributed by atoms with van der Waals surface area (Å²) in [5.74, 6) is 0.665. The normalized spacial score (nSPS) is 15.2. The topological polar surface area (TPSA) is 60.5 Å². The Hall–Kier alpha value is -1.92. The van der Waals surface area contributed by atoms with Crippen LogP contribution in [0.25, 0.3) is 11.3 Å². The van der Waals surface area contributed by atoms with Crippen molar-refractivity contribution in [3.8, 4) is 17.0 Å². The van der Waals surface area contributed by atoms with E-state index in [2.05, 4.69) is 10.3 Å². The first-order chi connectivity index (χ1) is 11.7. The molecule has 1 aliphatic carbocycles.